The van der Waals surface area contributed by atoms with Gasteiger partial charge in [-0.2, -0.15) is 0 Å². The highest BCUT2D eigenvalue weighted by atomic mass is 32.2. The zero-order valence-corrected chi connectivity index (χ0v) is 14.8. The van der Waals surface area contributed by atoms with Crippen molar-refractivity contribution >= 4 is 26.7 Å². The molecule has 1 N–H and O–H groups in total. The van der Waals surface area contributed by atoms with Crippen molar-refractivity contribution in [3.8, 4) is 0 Å². The van der Waals surface area contributed by atoms with Gasteiger partial charge >= 0.3 is 0 Å². The Morgan fingerprint density at radius 3 is 2.62 bits per heavy atom. The van der Waals surface area contributed by atoms with Crippen LogP contribution in [-0.2, 0) is 16.6 Å². The van der Waals surface area contributed by atoms with E-state index in [0.717, 1.165) is 5.56 Å². The number of nitrogens with one attached hydrogen (secondary N) is 1. The molecule has 6 heteroatoms. The van der Waals surface area contributed by atoms with Gasteiger partial charge < -0.3 is 4.57 Å². The molecule has 0 atom stereocenters. The van der Waals surface area contributed by atoms with Crippen LogP contribution in [0.15, 0.2) is 53.7 Å². The lowest BCUT2D eigenvalue weighted by Gasteiger charge is -2.09. The molecule has 1 aromatic carbocycles. The molecular weight excluding hydrogens is 322 g/mol. The molecule has 126 valence electrons. The molecule has 0 fully saturated rings. The Morgan fingerprint density at radius 1 is 1.17 bits per heavy atom. The van der Waals surface area contributed by atoms with Crippen molar-refractivity contribution in [1.29, 1.82) is 0 Å². The van der Waals surface area contributed by atoms with Crippen molar-refractivity contribution in [3.63, 3.8) is 0 Å². The second-order valence-corrected chi connectivity index (χ2v) is 7.99. The lowest BCUT2D eigenvalue weighted by molar-refractivity contribution is 0.530. The second-order valence-electron chi connectivity index (χ2n) is 6.33. The Hall–Kier alpha value is -2.34. The zero-order chi connectivity index (χ0) is 17.3. The number of hydrogen-bond donors (Lipinski definition) is 1. The van der Waals surface area contributed by atoms with Crippen molar-refractivity contribution in [2.45, 2.75) is 32.2 Å². The van der Waals surface area contributed by atoms with E-state index in [9.17, 15) is 8.42 Å². The summed E-state index contributed by atoms with van der Waals surface area (Å²) in [6.07, 6.45) is 3.36. The van der Waals surface area contributed by atoms with E-state index in [1.807, 2.05) is 29.7 Å². The fourth-order valence-electron chi connectivity index (χ4n) is 2.72. The summed E-state index contributed by atoms with van der Waals surface area (Å²) in [5, 5.41) is 0.638. The van der Waals surface area contributed by atoms with E-state index >= 15 is 0 Å². The maximum absolute atomic E-state index is 12.9. The summed E-state index contributed by atoms with van der Waals surface area (Å²) in [6, 6.07) is 10.9. The number of anilines is 1. The predicted octanol–water partition coefficient (Wildman–Crippen LogP) is 3.80. The molecule has 0 spiro atoms. The number of aromatic nitrogens is 2. The summed E-state index contributed by atoms with van der Waals surface area (Å²) in [5.41, 5.74) is 2.16. The Bertz CT molecular complexity index is 975. The van der Waals surface area contributed by atoms with Crippen LogP contribution >= 0.6 is 0 Å². The number of hydrogen-bond acceptors (Lipinski definition) is 3. The third-order valence-electron chi connectivity index (χ3n) is 3.84. The Kier molecular flexibility index (Phi) is 4.32. The highest BCUT2D eigenvalue weighted by Crippen LogP contribution is 2.27. The molecule has 3 rings (SSSR count). The monoisotopic (exact) mass is 343 g/mol. The van der Waals surface area contributed by atoms with Gasteiger partial charge in [-0.1, -0.05) is 32.0 Å². The smallest absolute Gasteiger partial charge is 0.264 e. The molecule has 2 aromatic heterocycles. The summed E-state index contributed by atoms with van der Waals surface area (Å²) in [6.45, 7) is 6.78. The van der Waals surface area contributed by atoms with Gasteiger partial charge in [-0.05, 0) is 36.6 Å². The number of rotatable bonds is 5. The first-order valence-corrected chi connectivity index (χ1v) is 9.39. The largest absolute Gasteiger partial charge is 0.331 e. The first-order valence-electron chi connectivity index (χ1n) is 7.91. The van der Waals surface area contributed by atoms with Gasteiger partial charge in [-0.15, -0.1) is 0 Å². The summed E-state index contributed by atoms with van der Waals surface area (Å²) < 4.78 is 30.4. The number of sulfonamides is 1. The molecule has 0 aliphatic carbocycles. The van der Waals surface area contributed by atoms with Crippen molar-refractivity contribution in [3.05, 3.63) is 54.4 Å². The van der Waals surface area contributed by atoms with Gasteiger partial charge in [0.15, 0.2) is 0 Å². The molecule has 0 radical (unpaired) electrons. The van der Waals surface area contributed by atoms with Crippen LogP contribution in [0.1, 0.15) is 19.4 Å². The number of para-hydroxylation sites is 1. The van der Waals surface area contributed by atoms with Crippen LogP contribution < -0.4 is 4.72 Å². The topological polar surface area (TPSA) is 64.0 Å². The average molecular weight is 343 g/mol. The van der Waals surface area contributed by atoms with Crippen LogP contribution in [0, 0.1) is 12.8 Å². The molecule has 0 saturated carbocycles. The molecule has 0 saturated heterocycles. The summed E-state index contributed by atoms with van der Waals surface area (Å²) in [7, 11) is -3.69. The lowest BCUT2D eigenvalue weighted by Crippen LogP contribution is -2.13. The Morgan fingerprint density at radius 2 is 1.92 bits per heavy atom. The minimum Gasteiger partial charge on any atom is -0.331 e. The van der Waals surface area contributed by atoms with Gasteiger partial charge in [-0.25, -0.2) is 13.4 Å². The average Bonchev–Trinajstić information content (AvgIpc) is 2.89. The molecule has 0 aliphatic heterocycles. The molecule has 3 aromatic rings. The first kappa shape index (κ1) is 16.5. The van der Waals surface area contributed by atoms with Crippen molar-refractivity contribution in [1.82, 2.24) is 9.55 Å². The molecule has 0 amide bonds. The molecule has 2 heterocycles. The van der Waals surface area contributed by atoms with Gasteiger partial charge in [0.25, 0.3) is 10.0 Å². The maximum atomic E-state index is 12.9. The van der Waals surface area contributed by atoms with E-state index < -0.39 is 10.0 Å². The molecule has 0 aliphatic rings. The fraction of sp³-hybridized carbons (Fsp3) is 0.278. The van der Waals surface area contributed by atoms with Crippen LogP contribution in [0.3, 0.4) is 0 Å². The van der Waals surface area contributed by atoms with Crippen molar-refractivity contribution in [2.24, 2.45) is 5.92 Å². The van der Waals surface area contributed by atoms with E-state index in [1.54, 1.807) is 30.6 Å². The maximum Gasteiger partial charge on any atom is 0.264 e. The SMILES string of the molecule is Cc1ccccc1NS(=O)(=O)c1cn(CC(C)C)c2ncccc12. The van der Waals surface area contributed by atoms with Crippen LogP contribution in [-0.4, -0.2) is 18.0 Å². The third kappa shape index (κ3) is 3.14. The van der Waals surface area contributed by atoms with Crippen LogP contribution in [0.25, 0.3) is 11.0 Å². The van der Waals surface area contributed by atoms with Crippen LogP contribution in [0.4, 0.5) is 5.69 Å². The van der Waals surface area contributed by atoms with Gasteiger partial charge in [0.1, 0.15) is 10.5 Å². The normalized spacial score (nSPS) is 12.0. The Balaban J connectivity index is 2.09. The molecule has 0 bridgehead atoms. The van der Waals surface area contributed by atoms with Crippen molar-refractivity contribution < 1.29 is 8.42 Å². The zero-order valence-electron chi connectivity index (χ0n) is 14.0. The Labute approximate surface area is 142 Å². The number of pyridine rings is 1. The van der Waals surface area contributed by atoms with Gasteiger partial charge in [0.05, 0.1) is 5.69 Å². The van der Waals surface area contributed by atoms with E-state index in [2.05, 4.69) is 23.6 Å². The standard InChI is InChI=1S/C18H21N3O2S/c1-13(2)11-21-12-17(15-8-6-10-19-18(15)21)24(22,23)20-16-9-5-4-7-14(16)3/h4-10,12-13,20H,11H2,1-3H3. The van der Waals surface area contributed by atoms with E-state index in [0.29, 0.717) is 29.2 Å². The highest BCUT2D eigenvalue weighted by molar-refractivity contribution is 7.93. The fourth-order valence-corrected chi connectivity index (χ4v) is 4.07. The summed E-state index contributed by atoms with van der Waals surface area (Å²) in [5.74, 6) is 0.391. The highest BCUT2D eigenvalue weighted by Gasteiger charge is 2.22. The molecule has 24 heavy (non-hydrogen) atoms. The van der Waals surface area contributed by atoms with E-state index in [1.165, 1.54) is 0 Å². The first-order chi connectivity index (χ1) is 11.4. The summed E-state index contributed by atoms with van der Waals surface area (Å²) >= 11 is 0. The second kappa shape index (κ2) is 6.28. The third-order valence-corrected chi connectivity index (χ3v) is 5.23. The number of aryl methyl sites for hydroxylation is 1. The summed E-state index contributed by atoms with van der Waals surface area (Å²) in [4.78, 5) is 4.62. The van der Waals surface area contributed by atoms with Gasteiger partial charge in [0, 0.05) is 24.3 Å². The van der Waals surface area contributed by atoms with Gasteiger partial charge in [-0.3, -0.25) is 4.72 Å². The van der Waals surface area contributed by atoms with Gasteiger partial charge in [0.2, 0.25) is 0 Å². The lowest BCUT2D eigenvalue weighted by atomic mass is 10.2. The number of benzene rings is 1. The van der Waals surface area contributed by atoms with E-state index in [-0.39, 0.29) is 4.90 Å². The van der Waals surface area contributed by atoms with Crippen LogP contribution in [0.5, 0.6) is 0 Å². The minimum absolute atomic E-state index is 0.259. The number of fused-ring (bicyclic) bond motifs is 1. The minimum atomic E-state index is -3.69. The van der Waals surface area contributed by atoms with Crippen LogP contribution in [0.2, 0.25) is 0 Å². The van der Waals surface area contributed by atoms with Crippen molar-refractivity contribution in [2.75, 3.05) is 4.72 Å². The number of nitrogens with zero attached hydrogens (tertiary/aromatic N) is 2. The molecular formula is C18H21N3O2S. The molecule has 5 nitrogen and oxygen atoms in total. The quantitative estimate of drug-likeness (QED) is 0.766. The predicted molar refractivity (Wildman–Crippen MR) is 96.6 cm³/mol. The van der Waals surface area contributed by atoms with E-state index in [4.69, 9.17) is 0 Å². The molecule has 0 unspecified atom stereocenters.